The summed E-state index contributed by atoms with van der Waals surface area (Å²) in [7, 11) is 0. The monoisotopic (exact) mass is 505 g/mol. The zero-order chi connectivity index (χ0) is 26.6. The van der Waals surface area contributed by atoms with Crippen LogP contribution in [0.25, 0.3) is 0 Å². The average molecular weight is 506 g/mol. The molecule has 3 amide bonds. The Morgan fingerprint density at radius 3 is 2.22 bits per heavy atom. The lowest BCUT2D eigenvalue weighted by Gasteiger charge is -2.13. The van der Waals surface area contributed by atoms with Crippen molar-refractivity contribution in [3.63, 3.8) is 0 Å². The Hall–Kier alpha value is -4.53. The molecule has 3 rings (SSSR count). The number of aliphatic carboxylic acids is 1. The van der Waals surface area contributed by atoms with Gasteiger partial charge in [0.2, 0.25) is 5.91 Å². The van der Waals surface area contributed by atoms with Gasteiger partial charge in [0.1, 0.15) is 11.5 Å². The molecule has 0 unspecified atom stereocenters. The fourth-order valence-corrected chi connectivity index (χ4v) is 3.48. The zero-order valence-corrected chi connectivity index (χ0v) is 20.9. The molecule has 0 saturated carbocycles. The van der Waals surface area contributed by atoms with Crippen molar-refractivity contribution in [2.45, 2.75) is 33.1 Å². The van der Waals surface area contributed by atoms with E-state index in [9.17, 15) is 14.4 Å². The topological polar surface area (TPSA) is 126 Å². The largest absolute Gasteiger partial charge is 0.494 e. The lowest BCUT2D eigenvalue weighted by molar-refractivity contribution is -0.137. The van der Waals surface area contributed by atoms with E-state index in [0.29, 0.717) is 35.9 Å². The van der Waals surface area contributed by atoms with Crippen molar-refractivity contribution in [2.75, 3.05) is 29.2 Å². The van der Waals surface area contributed by atoms with Gasteiger partial charge in [-0.15, -0.1) is 0 Å². The van der Waals surface area contributed by atoms with Crippen LogP contribution < -0.4 is 25.4 Å². The van der Waals surface area contributed by atoms with Crippen LogP contribution in [0.15, 0.2) is 66.7 Å². The van der Waals surface area contributed by atoms with Crippen LogP contribution in [-0.2, 0) is 16.0 Å². The molecule has 9 heteroatoms. The van der Waals surface area contributed by atoms with Crippen LogP contribution in [0.4, 0.5) is 21.9 Å². The van der Waals surface area contributed by atoms with Gasteiger partial charge in [-0.3, -0.25) is 9.59 Å². The molecule has 3 aromatic rings. The Morgan fingerprint density at radius 2 is 1.54 bits per heavy atom. The number of para-hydroxylation sites is 1. The van der Waals surface area contributed by atoms with E-state index in [1.807, 2.05) is 38.1 Å². The van der Waals surface area contributed by atoms with Gasteiger partial charge >= 0.3 is 12.0 Å². The second-order valence-corrected chi connectivity index (χ2v) is 8.29. The second-order valence-electron chi connectivity index (χ2n) is 8.29. The van der Waals surface area contributed by atoms with E-state index in [1.165, 1.54) is 0 Å². The Morgan fingerprint density at radius 1 is 0.838 bits per heavy atom. The second kappa shape index (κ2) is 13.5. The Balaban J connectivity index is 1.55. The summed E-state index contributed by atoms with van der Waals surface area (Å²) in [5.41, 5.74) is 3.58. The predicted octanol–water partition coefficient (Wildman–Crippen LogP) is 5.46. The molecule has 0 aromatic heterocycles. The van der Waals surface area contributed by atoms with Crippen LogP contribution in [0.1, 0.15) is 30.9 Å². The molecule has 0 bridgehead atoms. The highest BCUT2D eigenvalue weighted by molar-refractivity contribution is 6.00. The highest BCUT2D eigenvalue weighted by Crippen LogP contribution is 2.27. The number of hydrogen-bond donors (Lipinski definition) is 4. The standard InChI is InChI=1S/C28H31N3O6/c1-3-36-23-16-22(17-24(18-23)37-14-6-9-27(33)34)29-26(32)15-20-10-12-21(13-11-20)30-28(35)31-25-8-5-4-7-19(25)2/h4-5,7-8,10-13,16-18H,3,6,9,14-15H2,1-2H3,(H,29,32)(H,33,34)(H2,30,31,35). The summed E-state index contributed by atoms with van der Waals surface area (Å²) in [5, 5.41) is 17.2. The number of carboxylic acids is 1. The molecule has 0 aliphatic carbocycles. The van der Waals surface area contributed by atoms with Crippen LogP contribution in [0.2, 0.25) is 0 Å². The minimum Gasteiger partial charge on any atom is -0.494 e. The molecule has 0 aliphatic heterocycles. The van der Waals surface area contributed by atoms with Crippen LogP contribution in [-0.4, -0.2) is 36.2 Å². The summed E-state index contributed by atoms with van der Waals surface area (Å²) in [6.07, 6.45) is 0.512. The zero-order valence-electron chi connectivity index (χ0n) is 20.9. The van der Waals surface area contributed by atoms with Crippen molar-refractivity contribution < 1.29 is 29.0 Å². The average Bonchev–Trinajstić information content (AvgIpc) is 2.84. The van der Waals surface area contributed by atoms with Crippen molar-refractivity contribution in [1.29, 1.82) is 0 Å². The molecular formula is C28H31N3O6. The third-order valence-corrected chi connectivity index (χ3v) is 5.25. The van der Waals surface area contributed by atoms with E-state index < -0.39 is 5.97 Å². The van der Waals surface area contributed by atoms with Gasteiger partial charge in [0.05, 0.1) is 19.6 Å². The number of anilines is 3. The summed E-state index contributed by atoms with van der Waals surface area (Å²) >= 11 is 0. The number of nitrogens with one attached hydrogen (secondary N) is 3. The first-order valence-corrected chi connectivity index (χ1v) is 12.0. The maximum Gasteiger partial charge on any atom is 0.323 e. The van der Waals surface area contributed by atoms with E-state index >= 15 is 0 Å². The number of urea groups is 1. The van der Waals surface area contributed by atoms with Gasteiger partial charge in [-0.05, 0) is 49.6 Å². The lowest BCUT2D eigenvalue weighted by atomic mass is 10.1. The summed E-state index contributed by atoms with van der Waals surface area (Å²) in [5.74, 6) is -0.101. The molecular weight excluding hydrogens is 474 g/mol. The summed E-state index contributed by atoms with van der Waals surface area (Å²) in [4.78, 5) is 35.6. The van der Waals surface area contributed by atoms with Crippen LogP contribution in [0, 0.1) is 6.92 Å². The molecule has 3 aromatic carbocycles. The van der Waals surface area contributed by atoms with Gasteiger partial charge in [0.15, 0.2) is 0 Å². The molecule has 0 radical (unpaired) electrons. The molecule has 4 N–H and O–H groups in total. The normalized spacial score (nSPS) is 10.3. The predicted molar refractivity (Wildman–Crippen MR) is 143 cm³/mol. The number of rotatable bonds is 12. The van der Waals surface area contributed by atoms with Crippen LogP contribution in [0.5, 0.6) is 11.5 Å². The number of hydrogen-bond acceptors (Lipinski definition) is 5. The molecule has 0 fully saturated rings. The molecule has 37 heavy (non-hydrogen) atoms. The molecule has 0 saturated heterocycles. The summed E-state index contributed by atoms with van der Waals surface area (Å²) in [6.45, 7) is 4.44. The number of aryl methyl sites for hydroxylation is 1. The minimum atomic E-state index is -0.881. The first-order valence-electron chi connectivity index (χ1n) is 12.0. The van der Waals surface area contributed by atoms with Crippen molar-refractivity contribution in [2.24, 2.45) is 0 Å². The fraction of sp³-hybridized carbons (Fsp3) is 0.250. The van der Waals surface area contributed by atoms with Gasteiger partial charge in [0.25, 0.3) is 0 Å². The van der Waals surface area contributed by atoms with Crippen molar-refractivity contribution >= 4 is 35.0 Å². The third-order valence-electron chi connectivity index (χ3n) is 5.25. The highest BCUT2D eigenvalue weighted by Gasteiger charge is 2.10. The molecule has 9 nitrogen and oxygen atoms in total. The number of carbonyl (C=O) groups is 3. The fourth-order valence-electron chi connectivity index (χ4n) is 3.48. The lowest BCUT2D eigenvalue weighted by Crippen LogP contribution is -2.20. The number of amides is 3. The van der Waals surface area contributed by atoms with E-state index in [4.69, 9.17) is 14.6 Å². The third kappa shape index (κ3) is 9.21. The maximum atomic E-state index is 12.7. The SMILES string of the molecule is CCOc1cc(NC(=O)Cc2ccc(NC(=O)Nc3ccccc3C)cc2)cc(OCCCC(=O)O)c1. The van der Waals surface area contributed by atoms with Gasteiger partial charge in [-0.25, -0.2) is 4.79 Å². The van der Waals surface area contributed by atoms with Crippen molar-refractivity contribution in [3.05, 3.63) is 77.9 Å². The molecule has 0 heterocycles. The first kappa shape index (κ1) is 27.1. The number of carboxylic acid groups (broad SMARTS) is 1. The van der Waals surface area contributed by atoms with Crippen molar-refractivity contribution in [1.82, 2.24) is 0 Å². The van der Waals surface area contributed by atoms with Gasteiger partial charge < -0.3 is 30.5 Å². The number of ether oxygens (including phenoxy) is 2. The van der Waals surface area contributed by atoms with E-state index in [0.717, 1.165) is 16.8 Å². The van der Waals surface area contributed by atoms with Crippen molar-refractivity contribution in [3.8, 4) is 11.5 Å². The smallest absolute Gasteiger partial charge is 0.323 e. The first-order chi connectivity index (χ1) is 17.8. The van der Waals surface area contributed by atoms with Gasteiger partial charge in [-0.1, -0.05) is 30.3 Å². The van der Waals surface area contributed by atoms with E-state index in [1.54, 1.807) is 42.5 Å². The molecule has 0 aliphatic rings. The maximum absolute atomic E-state index is 12.7. The number of carbonyl (C=O) groups excluding carboxylic acids is 2. The quantitative estimate of drug-likeness (QED) is 0.242. The van der Waals surface area contributed by atoms with Gasteiger partial charge in [0, 0.05) is 41.7 Å². The molecule has 0 atom stereocenters. The highest BCUT2D eigenvalue weighted by atomic mass is 16.5. The Labute approximate surface area is 215 Å². The summed E-state index contributed by atoms with van der Waals surface area (Å²) < 4.78 is 11.2. The van der Waals surface area contributed by atoms with Gasteiger partial charge in [-0.2, -0.15) is 0 Å². The summed E-state index contributed by atoms with van der Waals surface area (Å²) in [6, 6.07) is 19.2. The Bertz CT molecular complexity index is 1230. The van der Waals surface area contributed by atoms with Crippen LogP contribution >= 0.6 is 0 Å². The van der Waals surface area contributed by atoms with E-state index in [2.05, 4.69) is 16.0 Å². The van der Waals surface area contributed by atoms with E-state index in [-0.39, 0.29) is 31.4 Å². The minimum absolute atomic E-state index is 0.0143. The number of benzene rings is 3. The van der Waals surface area contributed by atoms with Crippen LogP contribution in [0.3, 0.4) is 0 Å². The Kier molecular flexibility index (Phi) is 9.90. The molecule has 194 valence electrons. The molecule has 0 spiro atoms.